The molecular formula is C54H34N2O2. The van der Waals surface area contributed by atoms with E-state index in [0.717, 1.165) is 99.9 Å². The number of nitrogens with zero attached hydrogens (tertiary/aromatic N) is 2. The standard InChI is InChI=1S/C54H34N2O2/c1-3-16-36(17-4-1)55(37-18-5-2-6-19-37)47-28-15-29-48-52(47)45-22-7-10-27-46(45)56(48)49-34-35(38-23-13-25-43-40-20-8-11-30-50(40)57-53(38)43)32-33-39(49)42-24-14-26-44-41-21-9-12-31-51(41)58-54(42)44/h1-34H. The average molecular weight is 743 g/mol. The molecule has 0 saturated carbocycles. The van der Waals surface area contributed by atoms with Crippen molar-refractivity contribution in [3.63, 3.8) is 0 Å². The van der Waals surface area contributed by atoms with E-state index in [9.17, 15) is 0 Å². The number of benzene rings is 9. The Morgan fingerprint density at radius 3 is 1.55 bits per heavy atom. The summed E-state index contributed by atoms with van der Waals surface area (Å²) in [5.74, 6) is 0. The molecule has 4 heteroatoms. The zero-order valence-corrected chi connectivity index (χ0v) is 31.3. The molecule has 0 amide bonds. The summed E-state index contributed by atoms with van der Waals surface area (Å²) in [6.07, 6.45) is 0. The van der Waals surface area contributed by atoms with E-state index in [-0.39, 0.29) is 0 Å². The summed E-state index contributed by atoms with van der Waals surface area (Å²) in [4.78, 5) is 2.37. The molecule has 12 rings (SSSR count). The lowest BCUT2D eigenvalue weighted by Crippen LogP contribution is -2.10. The smallest absolute Gasteiger partial charge is 0.143 e. The normalized spacial score (nSPS) is 11.8. The molecule has 12 aromatic rings. The lowest BCUT2D eigenvalue weighted by Gasteiger charge is -2.26. The van der Waals surface area contributed by atoms with Crippen molar-refractivity contribution in [2.45, 2.75) is 0 Å². The number of anilines is 3. The third kappa shape index (κ3) is 4.88. The van der Waals surface area contributed by atoms with Gasteiger partial charge in [0.1, 0.15) is 22.3 Å². The van der Waals surface area contributed by atoms with E-state index in [1.165, 1.54) is 10.8 Å². The van der Waals surface area contributed by atoms with E-state index in [1.54, 1.807) is 0 Å². The Labute approximate surface area is 334 Å². The van der Waals surface area contributed by atoms with Crippen molar-refractivity contribution in [2.75, 3.05) is 4.90 Å². The zero-order chi connectivity index (χ0) is 38.2. The Balaban J connectivity index is 1.19. The van der Waals surface area contributed by atoms with Crippen LogP contribution in [0.2, 0.25) is 0 Å². The van der Waals surface area contributed by atoms with Crippen molar-refractivity contribution in [3.05, 3.63) is 206 Å². The van der Waals surface area contributed by atoms with Crippen molar-refractivity contribution in [1.82, 2.24) is 4.57 Å². The SMILES string of the molecule is c1ccc(N(c2ccccc2)c2cccc3c2c2ccccc2n3-c2cc(-c3cccc4c3oc3ccccc34)ccc2-c2cccc3c2oc2ccccc23)cc1. The van der Waals surface area contributed by atoms with Crippen molar-refractivity contribution < 1.29 is 8.83 Å². The molecule has 0 aliphatic carbocycles. The van der Waals surface area contributed by atoms with E-state index < -0.39 is 0 Å². The molecule has 0 aliphatic heterocycles. The highest BCUT2D eigenvalue weighted by molar-refractivity contribution is 6.18. The van der Waals surface area contributed by atoms with Crippen LogP contribution in [0.5, 0.6) is 0 Å². The molecular weight excluding hydrogens is 709 g/mol. The molecule has 0 unspecified atom stereocenters. The summed E-state index contributed by atoms with van der Waals surface area (Å²) in [6.45, 7) is 0. The van der Waals surface area contributed by atoms with Crippen molar-refractivity contribution in [2.24, 2.45) is 0 Å². The van der Waals surface area contributed by atoms with Gasteiger partial charge in [-0.3, -0.25) is 0 Å². The van der Waals surface area contributed by atoms with Gasteiger partial charge in [-0.15, -0.1) is 0 Å². The zero-order valence-electron chi connectivity index (χ0n) is 31.3. The van der Waals surface area contributed by atoms with Crippen LogP contribution < -0.4 is 4.90 Å². The van der Waals surface area contributed by atoms with Crippen LogP contribution in [-0.4, -0.2) is 4.57 Å². The average Bonchev–Trinajstić information content (AvgIpc) is 3.97. The third-order valence-electron chi connectivity index (χ3n) is 11.6. The maximum absolute atomic E-state index is 6.71. The molecule has 0 spiro atoms. The molecule has 272 valence electrons. The van der Waals surface area contributed by atoms with Gasteiger partial charge >= 0.3 is 0 Å². The highest BCUT2D eigenvalue weighted by Gasteiger charge is 2.24. The van der Waals surface area contributed by atoms with Gasteiger partial charge in [-0.1, -0.05) is 146 Å². The van der Waals surface area contributed by atoms with Gasteiger partial charge in [0.25, 0.3) is 0 Å². The van der Waals surface area contributed by atoms with Crippen molar-refractivity contribution in [3.8, 4) is 27.9 Å². The Bertz CT molecular complexity index is 3480. The fraction of sp³-hybridized carbons (Fsp3) is 0. The molecule has 3 aromatic heterocycles. The summed E-state index contributed by atoms with van der Waals surface area (Å²) in [7, 11) is 0. The molecule has 58 heavy (non-hydrogen) atoms. The molecule has 0 atom stereocenters. The van der Waals surface area contributed by atoms with Crippen LogP contribution in [0.25, 0.3) is 93.6 Å². The number of hydrogen-bond acceptors (Lipinski definition) is 3. The van der Waals surface area contributed by atoms with Gasteiger partial charge in [0.05, 0.1) is 22.4 Å². The van der Waals surface area contributed by atoms with Crippen LogP contribution in [0.4, 0.5) is 17.1 Å². The Kier molecular flexibility index (Phi) is 7.20. The number of fused-ring (bicyclic) bond motifs is 9. The number of aromatic nitrogens is 1. The quantitative estimate of drug-likeness (QED) is 0.170. The summed E-state index contributed by atoms with van der Waals surface area (Å²) in [5.41, 5.74) is 14.3. The first-order chi connectivity index (χ1) is 28.8. The van der Waals surface area contributed by atoms with Crippen LogP contribution in [0, 0.1) is 0 Å². The molecule has 0 bridgehead atoms. The van der Waals surface area contributed by atoms with Gasteiger partial charge in [0.2, 0.25) is 0 Å². The maximum atomic E-state index is 6.71. The lowest BCUT2D eigenvalue weighted by atomic mass is 9.95. The van der Waals surface area contributed by atoms with Gasteiger partial charge < -0.3 is 18.3 Å². The second-order valence-corrected chi connectivity index (χ2v) is 14.8. The van der Waals surface area contributed by atoms with Crippen LogP contribution in [0.1, 0.15) is 0 Å². The highest BCUT2D eigenvalue weighted by atomic mass is 16.3. The van der Waals surface area contributed by atoms with Crippen LogP contribution in [0.15, 0.2) is 215 Å². The fourth-order valence-corrected chi connectivity index (χ4v) is 9.07. The molecule has 0 aliphatic rings. The van der Waals surface area contributed by atoms with E-state index in [4.69, 9.17) is 8.83 Å². The number of hydrogen-bond donors (Lipinski definition) is 0. The largest absolute Gasteiger partial charge is 0.455 e. The Morgan fingerprint density at radius 1 is 0.362 bits per heavy atom. The minimum Gasteiger partial charge on any atom is -0.455 e. The predicted octanol–water partition coefficient (Wildman–Crippen LogP) is 15.4. The summed E-state index contributed by atoms with van der Waals surface area (Å²) >= 11 is 0. The highest BCUT2D eigenvalue weighted by Crippen LogP contribution is 2.47. The Hall–Kier alpha value is -7.82. The van der Waals surface area contributed by atoms with Gasteiger partial charge in [-0.2, -0.15) is 0 Å². The third-order valence-corrected chi connectivity index (χ3v) is 11.6. The van der Waals surface area contributed by atoms with E-state index >= 15 is 0 Å². The number of furan rings is 2. The molecule has 0 N–H and O–H groups in total. The maximum Gasteiger partial charge on any atom is 0.143 e. The summed E-state index contributed by atoms with van der Waals surface area (Å²) in [6, 6.07) is 73.1. The molecule has 0 fully saturated rings. The minimum atomic E-state index is 0.873. The van der Waals surface area contributed by atoms with Gasteiger partial charge in [-0.25, -0.2) is 0 Å². The lowest BCUT2D eigenvalue weighted by molar-refractivity contribution is 0.669. The minimum absolute atomic E-state index is 0.873. The number of para-hydroxylation sites is 7. The Morgan fingerprint density at radius 2 is 0.879 bits per heavy atom. The van der Waals surface area contributed by atoms with Crippen LogP contribution in [-0.2, 0) is 0 Å². The summed E-state index contributed by atoms with van der Waals surface area (Å²) in [5, 5.41) is 6.77. The van der Waals surface area contributed by atoms with Gasteiger partial charge in [0.15, 0.2) is 0 Å². The first-order valence-corrected chi connectivity index (χ1v) is 19.7. The molecule has 0 radical (unpaired) electrons. The second kappa shape index (κ2) is 12.9. The molecule has 3 heterocycles. The summed E-state index contributed by atoms with van der Waals surface area (Å²) < 4.78 is 15.8. The molecule has 4 nitrogen and oxygen atoms in total. The first kappa shape index (κ1) is 32.4. The van der Waals surface area contributed by atoms with E-state index in [0.29, 0.717) is 0 Å². The van der Waals surface area contributed by atoms with Crippen molar-refractivity contribution >= 4 is 82.7 Å². The predicted molar refractivity (Wildman–Crippen MR) is 241 cm³/mol. The second-order valence-electron chi connectivity index (χ2n) is 14.8. The van der Waals surface area contributed by atoms with Crippen LogP contribution in [0.3, 0.4) is 0 Å². The molecule has 0 saturated heterocycles. The fourth-order valence-electron chi connectivity index (χ4n) is 9.07. The monoisotopic (exact) mass is 742 g/mol. The van der Waals surface area contributed by atoms with Crippen LogP contribution >= 0.6 is 0 Å². The molecule has 9 aromatic carbocycles. The van der Waals surface area contributed by atoms with Gasteiger partial charge in [-0.05, 0) is 66.2 Å². The number of rotatable bonds is 6. The topological polar surface area (TPSA) is 34.5 Å². The van der Waals surface area contributed by atoms with E-state index in [1.807, 2.05) is 18.2 Å². The van der Waals surface area contributed by atoms with E-state index in [2.05, 4.69) is 198 Å². The first-order valence-electron chi connectivity index (χ1n) is 19.7. The van der Waals surface area contributed by atoms with Gasteiger partial charge in [0, 0.05) is 60.4 Å². The van der Waals surface area contributed by atoms with Crippen molar-refractivity contribution in [1.29, 1.82) is 0 Å².